The normalized spacial score (nSPS) is 19.1. The van der Waals surface area contributed by atoms with Crippen molar-refractivity contribution >= 4 is 29.5 Å². The average Bonchev–Trinajstić information content (AvgIpc) is 2.76. The summed E-state index contributed by atoms with van der Waals surface area (Å²) in [5.74, 6) is -1.24. The third-order valence-corrected chi connectivity index (χ3v) is 3.48. The molecule has 0 aromatic carbocycles. The molecule has 6 nitrogen and oxygen atoms in total. The summed E-state index contributed by atoms with van der Waals surface area (Å²) < 4.78 is 0. The van der Waals surface area contributed by atoms with Gasteiger partial charge in [-0.05, 0) is 12.8 Å². The number of hydrogen-bond donors (Lipinski definition) is 2. The molecule has 0 aromatic heterocycles. The van der Waals surface area contributed by atoms with Crippen molar-refractivity contribution in [2.45, 2.75) is 18.9 Å². The third-order valence-electron chi connectivity index (χ3n) is 2.57. The second kappa shape index (κ2) is 6.48. The van der Waals surface area contributed by atoms with Gasteiger partial charge in [-0.15, -0.1) is 11.8 Å². The molecule has 0 spiro atoms. The molecule has 1 aliphatic heterocycles. The van der Waals surface area contributed by atoms with E-state index >= 15 is 0 Å². The Morgan fingerprint density at radius 3 is 2.71 bits per heavy atom. The lowest BCUT2D eigenvalue weighted by Crippen LogP contribution is -2.45. The van der Waals surface area contributed by atoms with E-state index in [-0.39, 0.29) is 23.3 Å². The minimum Gasteiger partial charge on any atom is -0.481 e. The predicted octanol–water partition coefficient (Wildman–Crippen LogP) is -0.459. The zero-order chi connectivity index (χ0) is 12.8. The maximum atomic E-state index is 11.8. The molecule has 0 radical (unpaired) electrons. The lowest BCUT2D eigenvalue weighted by molar-refractivity contribution is -0.136. The summed E-state index contributed by atoms with van der Waals surface area (Å²) in [6, 6.07) is -0.391. The number of carbonyl (C=O) groups is 3. The number of rotatable bonds is 5. The van der Waals surface area contributed by atoms with E-state index in [0.29, 0.717) is 13.0 Å². The van der Waals surface area contributed by atoms with Gasteiger partial charge in [-0.1, -0.05) is 0 Å². The molecule has 96 valence electrons. The van der Waals surface area contributed by atoms with E-state index in [1.165, 1.54) is 4.90 Å². The highest BCUT2D eigenvalue weighted by Crippen LogP contribution is 2.18. The number of carbonyl (C=O) groups excluding carboxylic acids is 2. The number of likely N-dealkylation sites (N-methyl/N-ethyl adjacent to an activating group) is 1. The molecule has 7 heteroatoms. The highest BCUT2D eigenvalue weighted by molar-refractivity contribution is 8.00. The molecule has 2 N–H and O–H groups in total. The van der Waals surface area contributed by atoms with Crippen LogP contribution >= 0.6 is 11.8 Å². The van der Waals surface area contributed by atoms with Crippen LogP contribution in [0, 0.1) is 0 Å². The Balaban J connectivity index is 2.44. The molecule has 1 aliphatic rings. The molecule has 0 bridgehead atoms. The zero-order valence-corrected chi connectivity index (χ0v) is 10.5. The van der Waals surface area contributed by atoms with E-state index in [4.69, 9.17) is 5.11 Å². The Hall–Kier alpha value is -1.24. The van der Waals surface area contributed by atoms with E-state index in [1.807, 2.05) is 0 Å². The molecular weight excluding hydrogens is 244 g/mol. The lowest BCUT2D eigenvalue weighted by Gasteiger charge is -2.23. The maximum absolute atomic E-state index is 11.8. The second-order valence-corrected chi connectivity index (χ2v) is 4.73. The summed E-state index contributed by atoms with van der Waals surface area (Å²) in [7, 11) is 1.54. The SMILES string of the molecule is CNC(=O)C1CCCN1C(=O)CSCC(=O)O. The highest BCUT2D eigenvalue weighted by Gasteiger charge is 2.33. The molecule has 1 fully saturated rings. The van der Waals surface area contributed by atoms with Crippen LogP contribution in [-0.4, -0.2) is 58.9 Å². The molecule has 1 atom stereocenters. The standard InChI is InChI=1S/C10H16N2O4S/c1-11-10(16)7-3-2-4-12(7)8(13)5-17-6-9(14)15/h7H,2-6H2,1H3,(H,11,16)(H,14,15). The maximum Gasteiger partial charge on any atom is 0.313 e. The van der Waals surface area contributed by atoms with Gasteiger partial charge in [0.15, 0.2) is 0 Å². The Morgan fingerprint density at radius 1 is 1.41 bits per heavy atom. The number of carboxylic acid groups (broad SMARTS) is 1. The molecular formula is C10H16N2O4S. The van der Waals surface area contributed by atoms with Gasteiger partial charge in [-0.2, -0.15) is 0 Å². The molecule has 0 aromatic rings. The van der Waals surface area contributed by atoms with E-state index in [1.54, 1.807) is 7.05 Å². The molecule has 1 heterocycles. The van der Waals surface area contributed by atoms with Crippen LogP contribution in [0.25, 0.3) is 0 Å². The van der Waals surface area contributed by atoms with Gasteiger partial charge in [0.2, 0.25) is 11.8 Å². The van der Waals surface area contributed by atoms with Crippen molar-refractivity contribution in [3.8, 4) is 0 Å². The number of hydrogen-bond acceptors (Lipinski definition) is 4. The fraction of sp³-hybridized carbons (Fsp3) is 0.700. The smallest absolute Gasteiger partial charge is 0.313 e. The van der Waals surface area contributed by atoms with E-state index in [2.05, 4.69) is 5.32 Å². The molecule has 2 amide bonds. The van der Waals surface area contributed by atoms with Crippen molar-refractivity contribution in [3.63, 3.8) is 0 Å². The van der Waals surface area contributed by atoms with E-state index < -0.39 is 12.0 Å². The van der Waals surface area contributed by atoms with Crippen molar-refractivity contribution in [2.24, 2.45) is 0 Å². The Bertz CT molecular complexity index is 321. The van der Waals surface area contributed by atoms with E-state index in [9.17, 15) is 14.4 Å². The first-order valence-corrected chi connectivity index (χ1v) is 6.52. The molecule has 1 unspecified atom stereocenters. The van der Waals surface area contributed by atoms with Gasteiger partial charge in [0.1, 0.15) is 6.04 Å². The van der Waals surface area contributed by atoms with Crippen LogP contribution in [0.5, 0.6) is 0 Å². The fourth-order valence-corrected chi connectivity index (χ4v) is 2.43. The molecule has 1 saturated heterocycles. The fourth-order valence-electron chi connectivity index (χ4n) is 1.81. The van der Waals surface area contributed by atoms with Crippen LogP contribution in [0.4, 0.5) is 0 Å². The van der Waals surface area contributed by atoms with Gasteiger partial charge >= 0.3 is 5.97 Å². The number of nitrogens with zero attached hydrogens (tertiary/aromatic N) is 1. The third kappa shape index (κ3) is 3.92. The summed E-state index contributed by atoms with van der Waals surface area (Å²) >= 11 is 1.06. The number of nitrogens with one attached hydrogen (secondary N) is 1. The van der Waals surface area contributed by atoms with Crippen LogP contribution in [0.1, 0.15) is 12.8 Å². The monoisotopic (exact) mass is 260 g/mol. The van der Waals surface area contributed by atoms with Crippen LogP contribution in [0.3, 0.4) is 0 Å². The number of amides is 2. The van der Waals surface area contributed by atoms with Crippen molar-refractivity contribution < 1.29 is 19.5 Å². The average molecular weight is 260 g/mol. The highest BCUT2D eigenvalue weighted by atomic mass is 32.2. The zero-order valence-electron chi connectivity index (χ0n) is 9.64. The number of carboxylic acids is 1. The first-order chi connectivity index (χ1) is 8.06. The summed E-state index contributed by atoms with van der Waals surface area (Å²) in [5.41, 5.74) is 0. The van der Waals surface area contributed by atoms with Gasteiger partial charge in [0.25, 0.3) is 0 Å². The minimum atomic E-state index is -0.938. The van der Waals surface area contributed by atoms with Crippen molar-refractivity contribution in [1.29, 1.82) is 0 Å². The first kappa shape index (κ1) is 13.8. The lowest BCUT2D eigenvalue weighted by atomic mass is 10.2. The quantitative estimate of drug-likeness (QED) is 0.698. The van der Waals surface area contributed by atoms with Gasteiger partial charge in [0.05, 0.1) is 11.5 Å². The van der Waals surface area contributed by atoms with Crippen LogP contribution < -0.4 is 5.32 Å². The first-order valence-electron chi connectivity index (χ1n) is 5.37. The second-order valence-electron chi connectivity index (χ2n) is 3.75. The number of thioether (sulfide) groups is 1. The largest absolute Gasteiger partial charge is 0.481 e. The Morgan fingerprint density at radius 2 is 2.12 bits per heavy atom. The van der Waals surface area contributed by atoms with Gasteiger partial charge in [0, 0.05) is 13.6 Å². The predicted molar refractivity (Wildman–Crippen MR) is 63.8 cm³/mol. The minimum absolute atomic E-state index is 0.0930. The Labute approximate surface area is 104 Å². The molecule has 1 rings (SSSR count). The molecule has 17 heavy (non-hydrogen) atoms. The Kier molecular flexibility index (Phi) is 5.27. The van der Waals surface area contributed by atoms with Crippen LogP contribution in [0.2, 0.25) is 0 Å². The van der Waals surface area contributed by atoms with Crippen LogP contribution in [-0.2, 0) is 14.4 Å². The van der Waals surface area contributed by atoms with E-state index in [0.717, 1.165) is 18.2 Å². The summed E-state index contributed by atoms with van der Waals surface area (Å²) in [6.45, 7) is 0.574. The summed E-state index contributed by atoms with van der Waals surface area (Å²) in [6.07, 6.45) is 1.49. The van der Waals surface area contributed by atoms with Gasteiger partial charge in [-0.25, -0.2) is 0 Å². The summed E-state index contributed by atoms with van der Waals surface area (Å²) in [5, 5.41) is 11.0. The van der Waals surface area contributed by atoms with Crippen molar-refractivity contribution in [2.75, 3.05) is 25.1 Å². The van der Waals surface area contributed by atoms with Gasteiger partial charge in [-0.3, -0.25) is 14.4 Å². The summed E-state index contributed by atoms with van der Waals surface area (Å²) in [4.78, 5) is 35.1. The molecule has 0 saturated carbocycles. The van der Waals surface area contributed by atoms with Crippen molar-refractivity contribution in [1.82, 2.24) is 10.2 Å². The van der Waals surface area contributed by atoms with Crippen molar-refractivity contribution in [3.05, 3.63) is 0 Å². The molecule has 0 aliphatic carbocycles. The topological polar surface area (TPSA) is 86.7 Å². The number of likely N-dealkylation sites (tertiary alicyclic amines) is 1. The van der Waals surface area contributed by atoms with Crippen LogP contribution in [0.15, 0.2) is 0 Å². The van der Waals surface area contributed by atoms with Gasteiger partial charge < -0.3 is 15.3 Å². The number of aliphatic carboxylic acids is 1.